The van der Waals surface area contributed by atoms with Crippen molar-refractivity contribution in [1.82, 2.24) is 0 Å². The maximum Gasteiger partial charge on any atom is 0.262 e. The van der Waals surface area contributed by atoms with Crippen LogP contribution in [-0.4, -0.2) is 8.42 Å². The molecule has 0 saturated carbocycles. The molecule has 0 aliphatic carbocycles. The van der Waals surface area contributed by atoms with Crippen molar-refractivity contribution in [3.8, 4) is 0 Å². The lowest BCUT2D eigenvalue weighted by Crippen LogP contribution is -2.14. The van der Waals surface area contributed by atoms with Crippen LogP contribution < -0.4 is 4.72 Å². The molecule has 0 aromatic heterocycles. The molecule has 2 rings (SSSR count). The van der Waals surface area contributed by atoms with Crippen molar-refractivity contribution < 1.29 is 8.42 Å². The summed E-state index contributed by atoms with van der Waals surface area (Å²) in [4.78, 5) is 0.0379. The maximum absolute atomic E-state index is 12.3. The Bertz CT molecular complexity index is 738. The maximum atomic E-state index is 12.3. The summed E-state index contributed by atoms with van der Waals surface area (Å²) in [6.45, 7) is 3.73. The fourth-order valence-electron chi connectivity index (χ4n) is 1.73. The quantitative estimate of drug-likeness (QED) is 0.906. The topological polar surface area (TPSA) is 46.2 Å². The molecule has 0 aliphatic heterocycles. The van der Waals surface area contributed by atoms with Gasteiger partial charge < -0.3 is 0 Å². The molecule has 20 heavy (non-hydrogen) atoms. The Labute approximate surface area is 128 Å². The molecule has 0 spiro atoms. The summed E-state index contributed by atoms with van der Waals surface area (Å²) in [6.07, 6.45) is 0. The molecule has 0 unspecified atom stereocenters. The van der Waals surface area contributed by atoms with Crippen LogP contribution in [0.5, 0.6) is 0 Å². The first-order chi connectivity index (χ1) is 9.28. The van der Waals surface area contributed by atoms with Crippen LogP contribution in [0.15, 0.2) is 41.3 Å². The van der Waals surface area contributed by atoms with Crippen LogP contribution in [0.4, 0.5) is 5.69 Å². The van der Waals surface area contributed by atoms with Gasteiger partial charge in [0.25, 0.3) is 10.0 Å². The standard InChI is InChI=1S/C14H13Cl2NO2S/c1-9-3-4-10(2)14(5-9)17-20(18,19)13-7-11(15)6-12(16)8-13/h3-8,17H,1-2H3. The van der Waals surface area contributed by atoms with Crippen molar-refractivity contribution in [2.45, 2.75) is 18.7 Å². The minimum atomic E-state index is -3.72. The molecule has 0 radical (unpaired) electrons. The van der Waals surface area contributed by atoms with E-state index in [-0.39, 0.29) is 14.9 Å². The molecule has 106 valence electrons. The second-order valence-electron chi connectivity index (χ2n) is 4.53. The zero-order valence-electron chi connectivity index (χ0n) is 10.9. The van der Waals surface area contributed by atoms with Gasteiger partial charge in [0.1, 0.15) is 0 Å². The van der Waals surface area contributed by atoms with Crippen LogP contribution in [0, 0.1) is 13.8 Å². The lowest BCUT2D eigenvalue weighted by atomic mass is 10.1. The highest BCUT2D eigenvalue weighted by molar-refractivity contribution is 7.92. The predicted octanol–water partition coefficient (Wildman–Crippen LogP) is 4.41. The van der Waals surface area contributed by atoms with Gasteiger partial charge in [-0.05, 0) is 49.2 Å². The first-order valence-corrected chi connectivity index (χ1v) is 8.08. The molecular formula is C14H13Cl2NO2S. The average Bonchev–Trinajstić information content (AvgIpc) is 2.32. The molecule has 0 saturated heterocycles. The first kappa shape index (κ1) is 15.2. The molecule has 1 N–H and O–H groups in total. The van der Waals surface area contributed by atoms with Crippen LogP contribution >= 0.6 is 23.2 Å². The second kappa shape index (κ2) is 5.64. The molecule has 2 aromatic rings. The van der Waals surface area contributed by atoms with Crippen molar-refractivity contribution in [3.05, 3.63) is 57.6 Å². The molecule has 0 bridgehead atoms. The van der Waals surface area contributed by atoms with Crippen molar-refractivity contribution in [1.29, 1.82) is 0 Å². The Hall–Kier alpha value is -1.23. The molecule has 2 aromatic carbocycles. The van der Waals surface area contributed by atoms with Crippen molar-refractivity contribution in [3.63, 3.8) is 0 Å². The summed E-state index contributed by atoms with van der Waals surface area (Å²) < 4.78 is 27.2. The van der Waals surface area contributed by atoms with Gasteiger partial charge in [-0.1, -0.05) is 35.3 Å². The number of hydrogen-bond acceptors (Lipinski definition) is 2. The number of sulfonamides is 1. The van der Waals surface area contributed by atoms with Gasteiger partial charge in [-0.2, -0.15) is 0 Å². The average molecular weight is 330 g/mol. The third-order valence-electron chi connectivity index (χ3n) is 2.78. The van der Waals surface area contributed by atoms with Gasteiger partial charge in [-0.3, -0.25) is 4.72 Å². The second-order valence-corrected chi connectivity index (χ2v) is 7.08. The Morgan fingerprint density at radius 1 is 0.950 bits per heavy atom. The molecular weight excluding hydrogens is 317 g/mol. The van der Waals surface area contributed by atoms with E-state index >= 15 is 0 Å². The summed E-state index contributed by atoms with van der Waals surface area (Å²) in [5, 5.41) is 0.553. The summed E-state index contributed by atoms with van der Waals surface area (Å²) in [7, 11) is -3.72. The van der Waals surface area contributed by atoms with Gasteiger partial charge >= 0.3 is 0 Å². The van der Waals surface area contributed by atoms with Gasteiger partial charge in [-0.25, -0.2) is 8.42 Å². The van der Waals surface area contributed by atoms with E-state index in [1.807, 2.05) is 26.0 Å². The summed E-state index contributed by atoms with van der Waals surface area (Å²) in [5.74, 6) is 0. The van der Waals surface area contributed by atoms with E-state index in [2.05, 4.69) is 4.72 Å². The molecule has 0 amide bonds. The third kappa shape index (κ3) is 3.45. The number of aryl methyl sites for hydroxylation is 2. The van der Waals surface area contributed by atoms with Crippen LogP contribution in [-0.2, 0) is 10.0 Å². The Balaban J connectivity index is 2.43. The smallest absolute Gasteiger partial charge is 0.262 e. The van der Waals surface area contributed by atoms with E-state index in [1.165, 1.54) is 18.2 Å². The summed E-state index contributed by atoms with van der Waals surface area (Å²) in [6, 6.07) is 9.77. The van der Waals surface area contributed by atoms with E-state index < -0.39 is 10.0 Å². The van der Waals surface area contributed by atoms with Gasteiger partial charge in [0.05, 0.1) is 10.6 Å². The fraction of sp³-hybridized carbons (Fsp3) is 0.143. The van der Waals surface area contributed by atoms with Gasteiger partial charge in [0.2, 0.25) is 0 Å². The molecule has 6 heteroatoms. The fourth-order valence-corrected chi connectivity index (χ4v) is 3.58. The highest BCUT2D eigenvalue weighted by Gasteiger charge is 2.16. The SMILES string of the molecule is Cc1ccc(C)c(NS(=O)(=O)c2cc(Cl)cc(Cl)c2)c1. The third-order valence-corrected chi connectivity index (χ3v) is 4.57. The van der Waals surface area contributed by atoms with E-state index in [9.17, 15) is 8.42 Å². The zero-order valence-corrected chi connectivity index (χ0v) is 13.3. The number of benzene rings is 2. The van der Waals surface area contributed by atoms with E-state index in [4.69, 9.17) is 23.2 Å². The van der Waals surface area contributed by atoms with E-state index in [0.29, 0.717) is 5.69 Å². The van der Waals surface area contributed by atoms with Crippen molar-refractivity contribution in [2.75, 3.05) is 4.72 Å². The Morgan fingerprint density at radius 3 is 2.15 bits per heavy atom. The number of rotatable bonds is 3. The molecule has 3 nitrogen and oxygen atoms in total. The van der Waals surface area contributed by atoms with Crippen LogP contribution in [0.2, 0.25) is 10.0 Å². The molecule has 0 fully saturated rings. The van der Waals surface area contributed by atoms with Crippen LogP contribution in [0.25, 0.3) is 0 Å². The van der Waals surface area contributed by atoms with E-state index in [1.54, 1.807) is 6.07 Å². The minimum absolute atomic E-state index is 0.0379. The number of halogens is 2. The van der Waals surface area contributed by atoms with Gasteiger partial charge in [0, 0.05) is 10.0 Å². The zero-order chi connectivity index (χ0) is 14.9. The predicted molar refractivity (Wildman–Crippen MR) is 83.2 cm³/mol. The number of hydrogen-bond donors (Lipinski definition) is 1. The Kier molecular flexibility index (Phi) is 4.28. The molecule has 0 heterocycles. The molecule has 0 aliphatic rings. The van der Waals surface area contributed by atoms with Crippen molar-refractivity contribution >= 4 is 38.9 Å². The lowest BCUT2D eigenvalue weighted by Gasteiger charge is -2.12. The number of anilines is 1. The summed E-state index contributed by atoms with van der Waals surface area (Å²) in [5.41, 5.74) is 2.35. The largest absolute Gasteiger partial charge is 0.279 e. The Morgan fingerprint density at radius 2 is 1.55 bits per heavy atom. The normalized spacial score (nSPS) is 11.4. The first-order valence-electron chi connectivity index (χ1n) is 5.84. The monoisotopic (exact) mass is 329 g/mol. The van der Waals surface area contributed by atoms with Crippen molar-refractivity contribution in [2.24, 2.45) is 0 Å². The lowest BCUT2D eigenvalue weighted by molar-refractivity contribution is 0.601. The van der Waals surface area contributed by atoms with Crippen LogP contribution in [0.3, 0.4) is 0 Å². The van der Waals surface area contributed by atoms with Crippen LogP contribution in [0.1, 0.15) is 11.1 Å². The van der Waals surface area contributed by atoms with E-state index in [0.717, 1.165) is 11.1 Å². The summed E-state index contributed by atoms with van der Waals surface area (Å²) >= 11 is 11.7. The number of nitrogens with one attached hydrogen (secondary N) is 1. The highest BCUT2D eigenvalue weighted by atomic mass is 35.5. The van der Waals surface area contributed by atoms with Gasteiger partial charge in [0.15, 0.2) is 0 Å². The van der Waals surface area contributed by atoms with Gasteiger partial charge in [-0.15, -0.1) is 0 Å². The highest BCUT2D eigenvalue weighted by Crippen LogP contribution is 2.25. The molecule has 0 atom stereocenters. The minimum Gasteiger partial charge on any atom is -0.279 e.